The van der Waals surface area contributed by atoms with E-state index >= 15 is 0 Å². The molecule has 1 saturated heterocycles. The zero-order valence-corrected chi connectivity index (χ0v) is 17.5. The van der Waals surface area contributed by atoms with Crippen molar-refractivity contribution in [2.75, 3.05) is 31.5 Å². The molecular weight excluding hydrogens is 372 g/mol. The molecule has 1 aliphatic heterocycles. The average molecular weight is 403 g/mol. The van der Waals surface area contributed by atoms with E-state index in [1.165, 1.54) is 16.1 Å². The Morgan fingerprint density at radius 1 is 1.07 bits per heavy atom. The average Bonchev–Trinajstić information content (AvgIpc) is 2.71. The van der Waals surface area contributed by atoms with Crippen LogP contribution in [0.4, 0.5) is 5.82 Å². The summed E-state index contributed by atoms with van der Waals surface area (Å²) in [5.74, 6) is 0.736. The molecule has 0 saturated carbocycles. The van der Waals surface area contributed by atoms with E-state index in [4.69, 9.17) is 0 Å². The number of hydrogen-bond donors (Lipinski definition) is 1. The molecule has 1 fully saturated rings. The molecule has 1 aliphatic rings. The van der Waals surface area contributed by atoms with Gasteiger partial charge in [0.15, 0.2) is 0 Å². The molecule has 28 heavy (non-hydrogen) atoms. The number of pyridine rings is 1. The number of sulfonamides is 1. The number of aromatic nitrogens is 1. The van der Waals surface area contributed by atoms with Gasteiger partial charge in [0.25, 0.3) is 0 Å². The lowest BCUT2D eigenvalue weighted by molar-refractivity contribution is 0.211. The first-order chi connectivity index (χ1) is 13.5. The first-order valence-corrected chi connectivity index (χ1v) is 11.5. The van der Waals surface area contributed by atoms with Crippen LogP contribution in [0.2, 0.25) is 0 Å². The number of benzene rings is 1. The minimum atomic E-state index is -3.45. The maximum atomic E-state index is 12.5. The summed E-state index contributed by atoms with van der Waals surface area (Å²) >= 11 is 0. The van der Waals surface area contributed by atoms with Crippen LogP contribution in [-0.2, 0) is 16.6 Å². The molecule has 6 nitrogen and oxygen atoms in total. The van der Waals surface area contributed by atoms with Crippen LogP contribution < -0.4 is 5.32 Å². The van der Waals surface area contributed by atoms with Gasteiger partial charge >= 0.3 is 0 Å². The Kier molecular flexibility index (Phi) is 7.04. The molecule has 0 atom stereocenters. The summed E-state index contributed by atoms with van der Waals surface area (Å²) in [6, 6.07) is 14.3. The second-order valence-electron chi connectivity index (χ2n) is 7.15. The number of hydrogen-bond acceptors (Lipinski definition) is 5. The second-order valence-corrected chi connectivity index (χ2v) is 9.09. The van der Waals surface area contributed by atoms with Gasteiger partial charge in [-0.15, -0.1) is 0 Å². The van der Waals surface area contributed by atoms with E-state index < -0.39 is 10.0 Å². The number of piperidine rings is 1. The summed E-state index contributed by atoms with van der Waals surface area (Å²) in [6.45, 7) is 7.68. The molecule has 1 aromatic carbocycles. The third-order valence-corrected chi connectivity index (χ3v) is 7.30. The van der Waals surface area contributed by atoms with Crippen molar-refractivity contribution in [2.24, 2.45) is 0 Å². The smallest absolute Gasteiger partial charge is 0.244 e. The first kappa shape index (κ1) is 20.8. The van der Waals surface area contributed by atoms with E-state index in [9.17, 15) is 8.42 Å². The maximum absolute atomic E-state index is 12.5. The van der Waals surface area contributed by atoms with Crippen LogP contribution in [0.1, 0.15) is 32.3 Å². The molecule has 1 aromatic heterocycles. The Hall–Kier alpha value is -1.96. The van der Waals surface area contributed by atoms with Gasteiger partial charge in [0.2, 0.25) is 10.0 Å². The van der Waals surface area contributed by atoms with Crippen molar-refractivity contribution >= 4 is 15.8 Å². The number of rotatable bonds is 8. The third kappa shape index (κ3) is 5.10. The van der Waals surface area contributed by atoms with Gasteiger partial charge in [0.1, 0.15) is 10.7 Å². The van der Waals surface area contributed by atoms with Crippen molar-refractivity contribution in [2.45, 2.75) is 44.2 Å². The van der Waals surface area contributed by atoms with Crippen molar-refractivity contribution in [1.29, 1.82) is 0 Å². The maximum Gasteiger partial charge on any atom is 0.244 e. The minimum Gasteiger partial charge on any atom is -0.367 e. The van der Waals surface area contributed by atoms with Gasteiger partial charge in [-0.3, -0.25) is 4.90 Å². The van der Waals surface area contributed by atoms with Crippen LogP contribution in [0, 0.1) is 0 Å². The lowest BCUT2D eigenvalue weighted by Crippen LogP contribution is -2.38. The van der Waals surface area contributed by atoms with Crippen molar-refractivity contribution < 1.29 is 8.42 Å². The molecule has 0 unspecified atom stereocenters. The fraction of sp³-hybridized carbons (Fsp3) is 0.476. The highest BCUT2D eigenvalue weighted by Gasteiger charge is 2.23. The number of nitrogens with one attached hydrogen (secondary N) is 1. The van der Waals surface area contributed by atoms with Crippen molar-refractivity contribution in [1.82, 2.24) is 14.2 Å². The van der Waals surface area contributed by atoms with E-state index in [-0.39, 0.29) is 4.90 Å². The van der Waals surface area contributed by atoms with Gasteiger partial charge < -0.3 is 5.32 Å². The number of likely N-dealkylation sites (tertiary alicyclic amines) is 1. The highest BCUT2D eigenvalue weighted by atomic mass is 32.2. The first-order valence-electron chi connectivity index (χ1n) is 10.0. The predicted molar refractivity (Wildman–Crippen MR) is 113 cm³/mol. The standard InChI is InChI=1S/C21H30N4O2S/c1-3-25(4-2)28(26,27)20-10-11-21(22-16-20)23-19-12-14-24(15-13-19)17-18-8-6-5-7-9-18/h5-11,16,19H,3-4,12-15,17H2,1-2H3,(H,22,23). The second kappa shape index (κ2) is 9.49. The van der Waals surface area contributed by atoms with Gasteiger partial charge in [0.05, 0.1) is 0 Å². The minimum absolute atomic E-state index is 0.249. The van der Waals surface area contributed by atoms with Gasteiger partial charge in [-0.05, 0) is 30.5 Å². The largest absolute Gasteiger partial charge is 0.367 e. The highest BCUT2D eigenvalue weighted by molar-refractivity contribution is 7.89. The fourth-order valence-corrected chi connectivity index (χ4v) is 5.02. The van der Waals surface area contributed by atoms with E-state index in [0.717, 1.165) is 38.3 Å². The van der Waals surface area contributed by atoms with Crippen LogP contribution >= 0.6 is 0 Å². The van der Waals surface area contributed by atoms with Crippen LogP contribution in [-0.4, -0.2) is 54.8 Å². The molecule has 1 N–H and O–H groups in total. The Bertz CT molecular complexity index is 828. The topological polar surface area (TPSA) is 65.5 Å². The van der Waals surface area contributed by atoms with E-state index in [1.54, 1.807) is 12.1 Å². The third-order valence-electron chi connectivity index (χ3n) is 5.27. The van der Waals surface area contributed by atoms with Crippen LogP contribution in [0.15, 0.2) is 53.6 Å². The molecule has 0 aliphatic carbocycles. The zero-order valence-electron chi connectivity index (χ0n) is 16.7. The molecule has 0 spiro atoms. The van der Waals surface area contributed by atoms with Crippen molar-refractivity contribution in [3.8, 4) is 0 Å². The monoisotopic (exact) mass is 402 g/mol. The van der Waals surface area contributed by atoms with Gasteiger partial charge in [0, 0.05) is 45.0 Å². The Balaban J connectivity index is 1.53. The van der Waals surface area contributed by atoms with E-state index in [0.29, 0.717) is 19.1 Å². The number of nitrogens with zero attached hydrogens (tertiary/aromatic N) is 3. The summed E-state index contributed by atoms with van der Waals surface area (Å²) in [4.78, 5) is 7.07. The summed E-state index contributed by atoms with van der Waals surface area (Å²) in [5, 5.41) is 3.45. The van der Waals surface area contributed by atoms with Gasteiger partial charge in [-0.2, -0.15) is 4.31 Å². The SMILES string of the molecule is CCN(CC)S(=O)(=O)c1ccc(NC2CCN(Cc3ccccc3)CC2)nc1. The quantitative estimate of drug-likeness (QED) is 0.735. The molecule has 152 valence electrons. The molecule has 0 bridgehead atoms. The van der Waals surface area contributed by atoms with Crippen molar-refractivity contribution in [3.05, 3.63) is 54.2 Å². The molecule has 0 radical (unpaired) electrons. The zero-order chi connectivity index (χ0) is 20.0. The Morgan fingerprint density at radius 3 is 2.32 bits per heavy atom. The fourth-order valence-electron chi connectivity index (χ4n) is 3.62. The Morgan fingerprint density at radius 2 is 1.75 bits per heavy atom. The summed E-state index contributed by atoms with van der Waals surface area (Å²) in [6.07, 6.45) is 3.56. The Labute approximate surface area is 168 Å². The molecular formula is C21H30N4O2S. The number of anilines is 1. The summed E-state index contributed by atoms with van der Waals surface area (Å²) in [5.41, 5.74) is 1.35. The lowest BCUT2D eigenvalue weighted by Gasteiger charge is -2.32. The highest BCUT2D eigenvalue weighted by Crippen LogP contribution is 2.19. The van der Waals surface area contributed by atoms with Gasteiger partial charge in [-0.1, -0.05) is 44.2 Å². The molecule has 3 rings (SSSR count). The van der Waals surface area contributed by atoms with E-state index in [2.05, 4.69) is 39.5 Å². The summed E-state index contributed by atoms with van der Waals surface area (Å²) in [7, 11) is -3.45. The van der Waals surface area contributed by atoms with Crippen LogP contribution in [0.3, 0.4) is 0 Å². The van der Waals surface area contributed by atoms with Crippen LogP contribution in [0.25, 0.3) is 0 Å². The van der Waals surface area contributed by atoms with Crippen molar-refractivity contribution in [3.63, 3.8) is 0 Å². The predicted octanol–water partition coefficient (Wildman–Crippen LogP) is 3.19. The molecule has 7 heteroatoms. The van der Waals surface area contributed by atoms with Gasteiger partial charge in [-0.25, -0.2) is 13.4 Å². The van der Waals surface area contributed by atoms with Crippen LogP contribution in [0.5, 0.6) is 0 Å². The molecule has 2 aromatic rings. The lowest BCUT2D eigenvalue weighted by atomic mass is 10.0. The molecule has 0 amide bonds. The summed E-state index contributed by atoms with van der Waals surface area (Å²) < 4.78 is 26.5. The normalized spacial score (nSPS) is 16.4. The molecule has 2 heterocycles. The van der Waals surface area contributed by atoms with E-state index in [1.807, 2.05) is 19.9 Å².